The van der Waals surface area contributed by atoms with Crippen LogP contribution in [0.2, 0.25) is 0 Å². The number of carbonyl (C=O) groups excluding carboxylic acids is 2. The van der Waals surface area contributed by atoms with Gasteiger partial charge in [0.05, 0.1) is 11.6 Å². The highest BCUT2D eigenvalue weighted by Gasteiger charge is 2.02. The smallest absolute Gasteiger partial charge is 0.318 e. The van der Waals surface area contributed by atoms with Gasteiger partial charge in [-0.15, -0.1) is 0 Å². The molecule has 0 unspecified atom stereocenters. The lowest BCUT2D eigenvalue weighted by atomic mass is 10.2. The molecule has 0 aliphatic rings. The van der Waals surface area contributed by atoms with Gasteiger partial charge < -0.3 is 9.53 Å². The van der Waals surface area contributed by atoms with Gasteiger partial charge in [0, 0.05) is 0 Å². The summed E-state index contributed by atoms with van der Waals surface area (Å²) in [5.74, 6) is -0.277. The molecule has 4 heteroatoms. The van der Waals surface area contributed by atoms with Crippen LogP contribution >= 0.6 is 0 Å². The Morgan fingerprint density at radius 1 is 1.43 bits per heavy atom. The first kappa shape index (κ1) is 9.93. The van der Waals surface area contributed by atoms with Crippen LogP contribution in [0.4, 0.5) is 0 Å². The summed E-state index contributed by atoms with van der Waals surface area (Å²) in [6.45, 7) is 0. The van der Waals surface area contributed by atoms with Crippen LogP contribution in [0.25, 0.3) is 0 Å². The fraction of sp³-hybridized carbons (Fsp3) is 0.100. The molecule has 0 saturated heterocycles. The van der Waals surface area contributed by atoms with Gasteiger partial charge in [-0.3, -0.25) is 4.79 Å². The van der Waals surface area contributed by atoms with E-state index >= 15 is 0 Å². The largest absolute Gasteiger partial charge is 0.426 e. The lowest BCUT2D eigenvalue weighted by Gasteiger charge is -2.00. The molecule has 1 aromatic rings. The average Bonchev–Trinajstić information content (AvgIpc) is 2.19. The van der Waals surface area contributed by atoms with Crippen molar-refractivity contribution in [2.45, 2.75) is 6.42 Å². The van der Waals surface area contributed by atoms with E-state index in [9.17, 15) is 9.59 Å². The Labute approximate surface area is 80.7 Å². The monoisotopic (exact) mass is 189 g/mol. The van der Waals surface area contributed by atoms with Gasteiger partial charge in [0.1, 0.15) is 18.5 Å². The molecule has 0 saturated carbocycles. The Balaban J connectivity index is 2.65. The lowest BCUT2D eigenvalue weighted by molar-refractivity contribution is -0.135. The van der Waals surface area contributed by atoms with Crippen LogP contribution in [-0.2, 0) is 9.59 Å². The third kappa shape index (κ3) is 2.72. The molecule has 1 aromatic carbocycles. The molecule has 0 aliphatic heterocycles. The maximum Gasteiger partial charge on any atom is 0.318 e. The Hall–Kier alpha value is -2.15. The van der Waals surface area contributed by atoms with E-state index in [0.29, 0.717) is 17.6 Å². The molecule has 1 rings (SSSR count). The highest BCUT2D eigenvalue weighted by molar-refractivity contribution is 5.85. The number of ether oxygens (including phenoxy) is 1. The minimum Gasteiger partial charge on any atom is -0.426 e. The summed E-state index contributed by atoms with van der Waals surface area (Å²) in [4.78, 5) is 20.8. The fourth-order valence-corrected chi connectivity index (χ4v) is 0.839. The van der Waals surface area contributed by atoms with Gasteiger partial charge >= 0.3 is 5.97 Å². The topological polar surface area (TPSA) is 67.2 Å². The Morgan fingerprint density at radius 3 is 2.57 bits per heavy atom. The van der Waals surface area contributed by atoms with E-state index < -0.39 is 5.97 Å². The quantitative estimate of drug-likeness (QED) is 0.308. The molecule has 0 aliphatic carbocycles. The molecule has 0 aromatic heterocycles. The minimum absolute atomic E-state index is 0.264. The molecule has 4 nitrogen and oxygen atoms in total. The third-order valence-corrected chi connectivity index (χ3v) is 1.47. The number of carbonyl (C=O) groups is 2. The van der Waals surface area contributed by atoms with Crippen LogP contribution in [0.15, 0.2) is 24.3 Å². The first-order chi connectivity index (χ1) is 6.76. The maximum atomic E-state index is 10.8. The molecule has 70 valence electrons. The van der Waals surface area contributed by atoms with E-state index in [2.05, 4.69) is 0 Å². The second-order valence-corrected chi connectivity index (χ2v) is 2.48. The summed E-state index contributed by atoms with van der Waals surface area (Å²) in [5.41, 5.74) is 0.486. The van der Waals surface area contributed by atoms with Crippen molar-refractivity contribution in [3.8, 4) is 11.8 Å². The number of hydrogen-bond acceptors (Lipinski definition) is 4. The number of nitriles is 1. The van der Waals surface area contributed by atoms with E-state index in [1.54, 1.807) is 0 Å². The van der Waals surface area contributed by atoms with Crippen molar-refractivity contribution in [1.82, 2.24) is 0 Å². The molecule has 0 heterocycles. The van der Waals surface area contributed by atoms with E-state index in [0.717, 1.165) is 0 Å². The van der Waals surface area contributed by atoms with Crippen molar-refractivity contribution in [3.63, 3.8) is 0 Å². The third-order valence-electron chi connectivity index (χ3n) is 1.47. The summed E-state index contributed by atoms with van der Waals surface area (Å²) >= 11 is 0. The highest BCUT2D eigenvalue weighted by atomic mass is 16.5. The summed E-state index contributed by atoms with van der Waals surface area (Å²) in [5, 5.41) is 8.49. The fourth-order valence-electron chi connectivity index (χ4n) is 0.839. The van der Waals surface area contributed by atoms with E-state index in [1.165, 1.54) is 24.3 Å². The van der Waals surface area contributed by atoms with Crippen LogP contribution in [0.1, 0.15) is 12.0 Å². The molecule has 0 fully saturated rings. The van der Waals surface area contributed by atoms with Gasteiger partial charge in [0.15, 0.2) is 0 Å². The Morgan fingerprint density at radius 2 is 2.07 bits per heavy atom. The van der Waals surface area contributed by atoms with Crippen LogP contribution in [0, 0.1) is 11.3 Å². The predicted molar refractivity (Wildman–Crippen MR) is 47.5 cm³/mol. The summed E-state index contributed by atoms with van der Waals surface area (Å²) in [6, 6.07) is 8.00. The zero-order chi connectivity index (χ0) is 10.4. The number of rotatable bonds is 3. The van der Waals surface area contributed by atoms with Crippen LogP contribution in [0.5, 0.6) is 5.75 Å². The molecular weight excluding hydrogens is 182 g/mol. The molecule has 0 radical (unpaired) electrons. The first-order valence-corrected chi connectivity index (χ1v) is 3.90. The normalized spacial score (nSPS) is 8.79. The number of benzene rings is 1. The minimum atomic E-state index is -0.607. The van der Waals surface area contributed by atoms with Crippen molar-refractivity contribution in [1.29, 1.82) is 5.26 Å². The maximum absolute atomic E-state index is 10.8. The Bertz CT molecular complexity index is 375. The zero-order valence-electron chi connectivity index (χ0n) is 7.27. The SMILES string of the molecule is N#Cc1ccc(OC(=O)CC=O)cc1. The van der Waals surface area contributed by atoms with Gasteiger partial charge in [-0.2, -0.15) is 5.26 Å². The number of aldehydes is 1. The first-order valence-electron chi connectivity index (χ1n) is 3.90. The summed E-state index contributed by atoms with van der Waals surface area (Å²) in [6.07, 6.45) is 0.214. The van der Waals surface area contributed by atoms with Crippen molar-refractivity contribution in [2.75, 3.05) is 0 Å². The number of esters is 1. The van der Waals surface area contributed by atoms with E-state index in [4.69, 9.17) is 10.00 Å². The van der Waals surface area contributed by atoms with Crippen LogP contribution in [0.3, 0.4) is 0 Å². The zero-order valence-corrected chi connectivity index (χ0v) is 7.27. The standard InChI is InChI=1S/C10H7NO3/c11-7-8-1-3-9(4-2-8)14-10(13)5-6-12/h1-4,6H,5H2. The molecule has 0 atom stereocenters. The molecular formula is C10H7NO3. The van der Waals surface area contributed by atoms with Gasteiger partial charge in [-0.25, -0.2) is 0 Å². The van der Waals surface area contributed by atoms with Crippen molar-refractivity contribution < 1.29 is 14.3 Å². The highest BCUT2D eigenvalue weighted by Crippen LogP contribution is 2.11. The molecule has 0 spiro atoms. The van der Waals surface area contributed by atoms with Crippen LogP contribution < -0.4 is 4.74 Å². The van der Waals surface area contributed by atoms with Crippen molar-refractivity contribution >= 4 is 12.3 Å². The number of hydrogen-bond donors (Lipinski definition) is 0. The summed E-state index contributed by atoms with van der Waals surface area (Å²) < 4.78 is 4.77. The summed E-state index contributed by atoms with van der Waals surface area (Å²) in [7, 11) is 0. The van der Waals surface area contributed by atoms with Crippen LogP contribution in [-0.4, -0.2) is 12.3 Å². The van der Waals surface area contributed by atoms with Gasteiger partial charge in [-0.05, 0) is 24.3 Å². The molecule has 0 bridgehead atoms. The predicted octanol–water partition coefficient (Wildman–Crippen LogP) is 1.05. The molecule has 0 N–H and O–H groups in total. The van der Waals surface area contributed by atoms with Gasteiger partial charge in [0.25, 0.3) is 0 Å². The number of nitrogens with zero attached hydrogens (tertiary/aromatic N) is 1. The second kappa shape index (κ2) is 4.77. The lowest BCUT2D eigenvalue weighted by Crippen LogP contribution is -2.07. The van der Waals surface area contributed by atoms with Gasteiger partial charge in [0.2, 0.25) is 0 Å². The molecule has 0 amide bonds. The van der Waals surface area contributed by atoms with E-state index in [1.807, 2.05) is 6.07 Å². The van der Waals surface area contributed by atoms with Gasteiger partial charge in [-0.1, -0.05) is 0 Å². The second-order valence-electron chi connectivity index (χ2n) is 2.48. The van der Waals surface area contributed by atoms with Crippen molar-refractivity contribution in [3.05, 3.63) is 29.8 Å². The molecule has 14 heavy (non-hydrogen) atoms. The average molecular weight is 189 g/mol. The van der Waals surface area contributed by atoms with Crippen molar-refractivity contribution in [2.24, 2.45) is 0 Å². The van der Waals surface area contributed by atoms with E-state index in [-0.39, 0.29) is 6.42 Å². The Kier molecular flexibility index (Phi) is 3.39.